The van der Waals surface area contributed by atoms with Crippen molar-refractivity contribution in [2.24, 2.45) is 0 Å². The summed E-state index contributed by atoms with van der Waals surface area (Å²) in [6.07, 6.45) is 10.2. The fourth-order valence-electron chi connectivity index (χ4n) is 3.44. The van der Waals surface area contributed by atoms with E-state index in [-0.39, 0.29) is 22.5 Å². The zero-order valence-electron chi connectivity index (χ0n) is 18.5. The Morgan fingerprint density at radius 3 is 2.34 bits per heavy atom. The second kappa shape index (κ2) is 10.1. The number of allylic oxidation sites excluding steroid dienone is 4. The number of unbranched alkanes of at least 4 members (excludes halogenated alkanes) is 1. The highest BCUT2D eigenvalue weighted by Gasteiger charge is 2.20. The summed E-state index contributed by atoms with van der Waals surface area (Å²) in [6, 6.07) is 7.83. The van der Waals surface area contributed by atoms with Gasteiger partial charge < -0.3 is 24.5 Å². The third kappa shape index (κ3) is 5.14. The molecule has 0 atom stereocenters. The van der Waals surface area contributed by atoms with Gasteiger partial charge in [0.25, 0.3) is 0 Å². The zero-order chi connectivity index (χ0) is 23.3. The van der Waals surface area contributed by atoms with Crippen LogP contribution in [-0.4, -0.2) is 22.4 Å². The summed E-state index contributed by atoms with van der Waals surface area (Å²) in [5, 5.41) is 29.7. The fourth-order valence-corrected chi connectivity index (χ4v) is 3.44. The molecule has 0 spiro atoms. The molecular weight excluding hydrogens is 408 g/mol. The summed E-state index contributed by atoms with van der Waals surface area (Å²) < 4.78 is 11.2. The van der Waals surface area contributed by atoms with Gasteiger partial charge >= 0.3 is 0 Å². The Balaban J connectivity index is 1.90. The first-order valence-electron chi connectivity index (χ1n) is 10.5. The molecule has 0 unspecified atom stereocenters. The fraction of sp³-hybridized carbons (Fsp3) is 0.269. The summed E-state index contributed by atoms with van der Waals surface area (Å²) >= 11 is 0. The molecule has 32 heavy (non-hydrogen) atoms. The van der Waals surface area contributed by atoms with E-state index in [1.807, 2.05) is 12.1 Å². The minimum absolute atomic E-state index is 0.0472. The Morgan fingerprint density at radius 1 is 1.00 bits per heavy atom. The molecule has 0 saturated heterocycles. The van der Waals surface area contributed by atoms with Gasteiger partial charge in [0.15, 0.2) is 23.0 Å². The number of hydrogen-bond acceptors (Lipinski definition) is 6. The van der Waals surface area contributed by atoms with Crippen LogP contribution in [0.1, 0.15) is 38.7 Å². The molecule has 0 aliphatic heterocycles. The SMILES string of the molecule is COc1c(-c2cc(O)c(O)c(O)c2)oc2cc(CCC=CCCC=C(C)C)ccc2c1=O. The van der Waals surface area contributed by atoms with Crippen molar-refractivity contribution in [3.05, 3.63) is 69.9 Å². The van der Waals surface area contributed by atoms with E-state index in [0.717, 1.165) is 31.2 Å². The van der Waals surface area contributed by atoms with E-state index < -0.39 is 17.2 Å². The van der Waals surface area contributed by atoms with Gasteiger partial charge in [-0.05, 0) is 69.4 Å². The maximum absolute atomic E-state index is 12.9. The standard InChI is InChI=1S/C26H28O6/c1-16(2)9-7-5-4-6-8-10-17-11-12-19-22(13-17)32-25(26(31-3)23(19)29)18-14-20(27)24(30)21(28)15-18/h4,6,9,11-15,27-28,30H,5,7-8,10H2,1-3H3. The molecule has 0 aliphatic rings. The molecule has 0 fully saturated rings. The van der Waals surface area contributed by atoms with Crippen molar-refractivity contribution in [3.8, 4) is 34.3 Å². The van der Waals surface area contributed by atoms with Crippen LogP contribution in [0.4, 0.5) is 0 Å². The molecule has 1 aromatic heterocycles. The van der Waals surface area contributed by atoms with Crippen molar-refractivity contribution >= 4 is 11.0 Å². The molecule has 2 aromatic carbocycles. The number of phenols is 3. The highest BCUT2D eigenvalue weighted by Crippen LogP contribution is 2.41. The topological polar surface area (TPSA) is 100 Å². The van der Waals surface area contributed by atoms with Crippen LogP contribution in [0.2, 0.25) is 0 Å². The number of rotatable bonds is 8. The van der Waals surface area contributed by atoms with Crippen LogP contribution in [0.15, 0.2) is 63.3 Å². The molecule has 3 aromatic rings. The summed E-state index contributed by atoms with van der Waals surface area (Å²) in [5.41, 5.74) is 2.56. The maximum atomic E-state index is 12.9. The van der Waals surface area contributed by atoms with E-state index in [1.54, 1.807) is 6.07 Å². The monoisotopic (exact) mass is 436 g/mol. The first kappa shape index (κ1) is 23.0. The first-order chi connectivity index (χ1) is 15.3. The Labute approximate surface area is 186 Å². The second-order valence-electron chi connectivity index (χ2n) is 7.86. The van der Waals surface area contributed by atoms with Crippen molar-refractivity contribution in [3.63, 3.8) is 0 Å². The van der Waals surface area contributed by atoms with Crippen LogP contribution in [0, 0.1) is 0 Å². The predicted octanol–water partition coefficient (Wildman–Crippen LogP) is 5.82. The molecule has 0 saturated carbocycles. The third-order valence-electron chi connectivity index (χ3n) is 5.10. The number of hydrogen-bond donors (Lipinski definition) is 3. The summed E-state index contributed by atoms with van der Waals surface area (Å²) in [7, 11) is 1.35. The molecule has 3 N–H and O–H groups in total. The maximum Gasteiger partial charge on any atom is 0.235 e. The number of methoxy groups -OCH3 is 1. The van der Waals surface area contributed by atoms with E-state index in [0.29, 0.717) is 11.0 Å². The van der Waals surface area contributed by atoms with Gasteiger partial charge in [0.1, 0.15) is 5.58 Å². The molecule has 0 bridgehead atoms. The van der Waals surface area contributed by atoms with Crippen LogP contribution < -0.4 is 10.2 Å². The largest absolute Gasteiger partial charge is 0.504 e. The van der Waals surface area contributed by atoms with E-state index in [9.17, 15) is 20.1 Å². The van der Waals surface area contributed by atoms with Gasteiger partial charge in [-0.15, -0.1) is 0 Å². The van der Waals surface area contributed by atoms with E-state index in [1.165, 1.54) is 24.8 Å². The average molecular weight is 437 g/mol. The first-order valence-corrected chi connectivity index (χ1v) is 10.5. The molecule has 3 rings (SSSR count). The molecule has 6 heteroatoms. The number of aryl methyl sites for hydroxylation is 1. The molecule has 168 valence electrons. The smallest absolute Gasteiger partial charge is 0.235 e. The van der Waals surface area contributed by atoms with Gasteiger partial charge in [-0.3, -0.25) is 4.79 Å². The van der Waals surface area contributed by atoms with Gasteiger partial charge in [0.05, 0.1) is 12.5 Å². The lowest BCUT2D eigenvalue weighted by Gasteiger charge is -2.11. The van der Waals surface area contributed by atoms with Gasteiger partial charge in [0, 0.05) is 5.56 Å². The van der Waals surface area contributed by atoms with Crippen LogP contribution in [0.25, 0.3) is 22.3 Å². The lowest BCUT2D eigenvalue weighted by molar-refractivity contribution is 0.367. The quantitative estimate of drug-likeness (QED) is 0.234. The molecule has 0 radical (unpaired) electrons. The van der Waals surface area contributed by atoms with E-state index >= 15 is 0 Å². The van der Waals surface area contributed by atoms with E-state index in [4.69, 9.17) is 9.15 Å². The van der Waals surface area contributed by atoms with Crippen LogP contribution in [0.5, 0.6) is 23.0 Å². The second-order valence-corrected chi connectivity index (χ2v) is 7.86. The van der Waals surface area contributed by atoms with Crippen molar-refractivity contribution in [1.82, 2.24) is 0 Å². The Hall–Kier alpha value is -3.67. The molecule has 0 amide bonds. The van der Waals surface area contributed by atoms with Gasteiger partial charge in [-0.25, -0.2) is 0 Å². The Kier molecular flexibility index (Phi) is 7.25. The molecule has 0 aliphatic carbocycles. The van der Waals surface area contributed by atoms with Gasteiger partial charge in [-0.2, -0.15) is 0 Å². The third-order valence-corrected chi connectivity index (χ3v) is 5.10. The van der Waals surface area contributed by atoms with Gasteiger partial charge in [0.2, 0.25) is 11.2 Å². The van der Waals surface area contributed by atoms with Crippen LogP contribution in [0.3, 0.4) is 0 Å². The number of ether oxygens (including phenoxy) is 1. The minimum Gasteiger partial charge on any atom is -0.504 e. The Bertz CT molecular complexity index is 1210. The van der Waals surface area contributed by atoms with Crippen molar-refractivity contribution in [2.45, 2.75) is 39.5 Å². The lowest BCUT2D eigenvalue weighted by atomic mass is 10.0. The van der Waals surface area contributed by atoms with Crippen LogP contribution >= 0.6 is 0 Å². The van der Waals surface area contributed by atoms with E-state index in [2.05, 4.69) is 32.1 Å². The molecule has 6 nitrogen and oxygen atoms in total. The number of fused-ring (bicyclic) bond motifs is 1. The van der Waals surface area contributed by atoms with Crippen molar-refractivity contribution in [2.75, 3.05) is 7.11 Å². The number of benzene rings is 2. The van der Waals surface area contributed by atoms with Gasteiger partial charge in [-0.1, -0.05) is 29.9 Å². The van der Waals surface area contributed by atoms with Crippen LogP contribution in [-0.2, 0) is 6.42 Å². The minimum atomic E-state index is -0.646. The summed E-state index contributed by atoms with van der Waals surface area (Å²) in [5.74, 6) is -1.70. The van der Waals surface area contributed by atoms with Crippen molar-refractivity contribution in [1.29, 1.82) is 0 Å². The predicted molar refractivity (Wildman–Crippen MR) is 126 cm³/mol. The number of aromatic hydroxyl groups is 3. The zero-order valence-corrected chi connectivity index (χ0v) is 18.5. The summed E-state index contributed by atoms with van der Waals surface area (Å²) in [6.45, 7) is 4.19. The molecular formula is C26H28O6. The molecule has 1 heterocycles. The average Bonchev–Trinajstić information content (AvgIpc) is 2.76. The normalized spacial score (nSPS) is 11.2. The van der Waals surface area contributed by atoms with Crippen molar-refractivity contribution < 1.29 is 24.5 Å². The Morgan fingerprint density at radius 2 is 1.69 bits per heavy atom. The number of phenolic OH excluding ortho intramolecular Hbond substituents is 3. The highest BCUT2D eigenvalue weighted by atomic mass is 16.5. The highest BCUT2D eigenvalue weighted by molar-refractivity contribution is 5.83. The lowest BCUT2D eigenvalue weighted by Crippen LogP contribution is -2.07. The summed E-state index contributed by atoms with van der Waals surface area (Å²) in [4.78, 5) is 12.9.